The molecule has 2 N–H and O–H groups in total. The minimum atomic E-state index is 0.296. The van der Waals surface area contributed by atoms with Crippen LogP contribution < -0.4 is 0 Å². The van der Waals surface area contributed by atoms with Gasteiger partial charge in [-0.25, -0.2) is 0 Å². The third-order valence-electron chi connectivity index (χ3n) is 0.217. The summed E-state index contributed by atoms with van der Waals surface area (Å²) < 4.78 is 0. The fourth-order valence-corrected chi connectivity index (χ4v) is 0. The number of nitrogens with one attached hydrogen (secondary N) is 2. The van der Waals surface area contributed by atoms with Crippen LogP contribution in [0.15, 0.2) is 0 Å². The Bertz CT molecular complexity index is 57.1. The molecule has 0 aromatic carbocycles. The van der Waals surface area contributed by atoms with Gasteiger partial charge in [0.25, 0.3) is 0 Å². The van der Waals surface area contributed by atoms with Gasteiger partial charge in [0.2, 0.25) is 0 Å². The topological polar surface area (TPSA) is 47.7 Å². The van der Waals surface area contributed by atoms with E-state index in [1.54, 1.807) is 6.92 Å². The lowest BCUT2D eigenvalue weighted by Gasteiger charge is -1.67. The first-order valence-corrected chi connectivity index (χ1v) is 2.33. The lowest BCUT2D eigenvalue weighted by molar-refractivity contribution is 1.49. The zero-order valence-electron chi connectivity index (χ0n) is 5.08. The quantitative estimate of drug-likeness (QED) is 0.471. The zero-order chi connectivity index (χ0) is 6.28. The van der Waals surface area contributed by atoms with Gasteiger partial charge >= 0.3 is 0 Å². The molecule has 0 saturated heterocycles. The van der Waals surface area contributed by atoms with Crippen molar-refractivity contribution in [2.75, 3.05) is 0 Å². The van der Waals surface area contributed by atoms with Gasteiger partial charge in [-0.2, -0.15) is 0 Å². The smallest absolute Gasteiger partial charge is 0.0458 e. The average molecular weight is 100 g/mol. The Kier molecular flexibility index (Phi) is 12.4. The third kappa shape index (κ3) is 33.2. The van der Waals surface area contributed by atoms with Crippen molar-refractivity contribution in [1.82, 2.24) is 0 Å². The summed E-state index contributed by atoms with van der Waals surface area (Å²) in [6, 6.07) is 0. The third-order valence-corrected chi connectivity index (χ3v) is 0.217. The summed E-state index contributed by atoms with van der Waals surface area (Å²) in [5, 5.41) is 12.8. The van der Waals surface area contributed by atoms with Crippen LogP contribution in [0.5, 0.6) is 0 Å². The van der Waals surface area contributed by atoms with E-state index in [0.717, 1.165) is 6.21 Å². The van der Waals surface area contributed by atoms with E-state index in [1.807, 2.05) is 13.8 Å². The zero-order valence-corrected chi connectivity index (χ0v) is 5.08. The van der Waals surface area contributed by atoms with Crippen molar-refractivity contribution in [1.29, 1.82) is 10.8 Å². The molecular weight excluding hydrogens is 88.1 g/mol. The van der Waals surface area contributed by atoms with Gasteiger partial charge in [-0.15, -0.1) is 0 Å². The Morgan fingerprint density at radius 1 is 1.43 bits per heavy atom. The van der Waals surface area contributed by atoms with Crippen molar-refractivity contribution in [3.8, 4) is 0 Å². The van der Waals surface area contributed by atoms with Crippen LogP contribution in [0.3, 0.4) is 0 Å². The van der Waals surface area contributed by atoms with E-state index in [1.165, 1.54) is 0 Å². The van der Waals surface area contributed by atoms with E-state index in [0.29, 0.717) is 5.71 Å². The van der Waals surface area contributed by atoms with Gasteiger partial charge in [0.15, 0.2) is 0 Å². The van der Waals surface area contributed by atoms with Crippen LogP contribution in [0.2, 0.25) is 0 Å². The maximum absolute atomic E-state index is 6.50. The van der Waals surface area contributed by atoms with Gasteiger partial charge in [0, 0.05) is 11.9 Å². The van der Waals surface area contributed by atoms with Crippen molar-refractivity contribution >= 4 is 11.9 Å². The van der Waals surface area contributed by atoms with Gasteiger partial charge in [-0.3, -0.25) is 0 Å². The lowest BCUT2D eigenvalue weighted by atomic mass is 10.5. The molecule has 0 aliphatic carbocycles. The molecule has 0 rings (SSSR count). The molecule has 0 saturated carbocycles. The summed E-state index contributed by atoms with van der Waals surface area (Å²) in [6.07, 6.45) is 1.00. The summed E-state index contributed by atoms with van der Waals surface area (Å²) in [7, 11) is 0. The van der Waals surface area contributed by atoms with Crippen molar-refractivity contribution in [3.05, 3.63) is 0 Å². The number of hydrogen-bond acceptors (Lipinski definition) is 2. The van der Waals surface area contributed by atoms with Crippen LogP contribution in [-0.4, -0.2) is 11.9 Å². The molecule has 0 unspecified atom stereocenters. The fourth-order valence-electron chi connectivity index (χ4n) is 0. The minimum Gasteiger partial charge on any atom is -0.307 e. The largest absolute Gasteiger partial charge is 0.307 e. The molecule has 2 nitrogen and oxygen atoms in total. The van der Waals surface area contributed by atoms with Crippen molar-refractivity contribution < 1.29 is 0 Å². The van der Waals surface area contributed by atoms with Crippen LogP contribution in [-0.2, 0) is 0 Å². The molecule has 0 amide bonds. The van der Waals surface area contributed by atoms with Crippen LogP contribution in [0.4, 0.5) is 0 Å². The average Bonchev–Trinajstić information content (AvgIpc) is 1.73. The normalized spacial score (nSPS) is 5.57. The molecule has 2 heteroatoms. The predicted molar refractivity (Wildman–Crippen MR) is 33.5 cm³/mol. The maximum Gasteiger partial charge on any atom is 0.0458 e. The predicted octanol–water partition coefficient (Wildman–Crippen LogP) is 1.70. The fraction of sp³-hybridized carbons (Fsp3) is 0.600. The van der Waals surface area contributed by atoms with Gasteiger partial charge in [-0.05, 0) is 6.92 Å². The van der Waals surface area contributed by atoms with E-state index in [9.17, 15) is 0 Å². The molecule has 0 radical (unpaired) electrons. The van der Waals surface area contributed by atoms with E-state index in [2.05, 4.69) is 0 Å². The molecule has 0 aliphatic heterocycles. The highest BCUT2D eigenvalue weighted by molar-refractivity contribution is 6.26. The molecule has 0 atom stereocenters. The van der Waals surface area contributed by atoms with Crippen molar-refractivity contribution in [2.45, 2.75) is 20.8 Å². The Labute approximate surface area is 44.6 Å². The minimum absolute atomic E-state index is 0.296. The van der Waals surface area contributed by atoms with Crippen LogP contribution in [0, 0.1) is 10.8 Å². The van der Waals surface area contributed by atoms with Gasteiger partial charge < -0.3 is 10.8 Å². The summed E-state index contributed by atoms with van der Waals surface area (Å²) in [5.41, 5.74) is 0.296. The molecule has 7 heavy (non-hydrogen) atoms. The molecule has 0 heterocycles. The summed E-state index contributed by atoms with van der Waals surface area (Å²) in [6.45, 7) is 5.56. The summed E-state index contributed by atoms with van der Waals surface area (Å²) in [4.78, 5) is 0. The van der Waals surface area contributed by atoms with E-state index in [4.69, 9.17) is 10.8 Å². The summed E-state index contributed by atoms with van der Waals surface area (Å²) >= 11 is 0. The summed E-state index contributed by atoms with van der Waals surface area (Å²) in [5.74, 6) is 0. The molecule has 0 aromatic rings. The highest BCUT2D eigenvalue weighted by Crippen LogP contribution is 1.51. The highest BCUT2D eigenvalue weighted by atomic mass is 14.4. The van der Waals surface area contributed by atoms with E-state index in [-0.39, 0.29) is 0 Å². The standard InChI is InChI=1S/C3H6N2.C2H6/c1-3(5)2-4;1-2/h2,4-5H,1H3;1-2H3. The SMILES string of the molecule is CC.CC(=N)C=N. The maximum atomic E-state index is 6.50. The Morgan fingerprint density at radius 3 is 1.57 bits per heavy atom. The molecule has 0 aliphatic rings. The molecule has 0 aromatic heterocycles. The van der Waals surface area contributed by atoms with Crippen molar-refractivity contribution in [2.24, 2.45) is 0 Å². The Balaban J connectivity index is 0. The molecule has 0 fully saturated rings. The Hall–Kier alpha value is -0.660. The number of rotatable bonds is 1. The second-order valence-electron chi connectivity index (χ2n) is 0.827. The van der Waals surface area contributed by atoms with Crippen LogP contribution >= 0.6 is 0 Å². The lowest BCUT2D eigenvalue weighted by Crippen LogP contribution is -1.82. The second-order valence-corrected chi connectivity index (χ2v) is 0.827. The van der Waals surface area contributed by atoms with Crippen molar-refractivity contribution in [3.63, 3.8) is 0 Å². The first-order chi connectivity index (χ1) is 3.27. The Morgan fingerprint density at radius 2 is 1.57 bits per heavy atom. The molecule has 0 spiro atoms. The molecule has 0 bridgehead atoms. The first-order valence-electron chi connectivity index (χ1n) is 2.33. The van der Waals surface area contributed by atoms with Crippen LogP contribution in [0.1, 0.15) is 20.8 Å². The number of hydrogen-bond donors (Lipinski definition) is 2. The van der Waals surface area contributed by atoms with Gasteiger partial charge in [0.05, 0.1) is 0 Å². The van der Waals surface area contributed by atoms with Crippen LogP contribution in [0.25, 0.3) is 0 Å². The van der Waals surface area contributed by atoms with Gasteiger partial charge in [-0.1, -0.05) is 13.8 Å². The molecule has 42 valence electrons. The monoisotopic (exact) mass is 100 g/mol. The van der Waals surface area contributed by atoms with E-state index < -0.39 is 0 Å². The highest BCUT2D eigenvalue weighted by Gasteiger charge is 1.65. The first kappa shape index (κ1) is 9.60. The van der Waals surface area contributed by atoms with Gasteiger partial charge in [0.1, 0.15) is 0 Å². The second kappa shape index (κ2) is 9.02. The molecular formula is C5H12N2. The van der Waals surface area contributed by atoms with E-state index >= 15 is 0 Å².